The minimum atomic E-state index is -0.874. The molecule has 2 atom stereocenters. The van der Waals surface area contributed by atoms with Crippen molar-refractivity contribution in [1.82, 2.24) is 5.32 Å². The first-order valence-electron chi connectivity index (χ1n) is 13.9. The van der Waals surface area contributed by atoms with Crippen molar-refractivity contribution >= 4 is 17.5 Å². The third-order valence-corrected chi connectivity index (χ3v) is 7.49. The number of nitrogens with zero attached hydrogens (tertiary/aromatic N) is 1. The predicted octanol–water partition coefficient (Wildman–Crippen LogP) is 4.83. The first kappa shape index (κ1) is 28.8. The molecule has 4 aromatic rings. The summed E-state index contributed by atoms with van der Waals surface area (Å²) in [5, 5.41) is 3.20. The van der Waals surface area contributed by atoms with Crippen molar-refractivity contribution in [2.45, 2.75) is 25.0 Å². The number of anilines is 1. The number of methoxy groups -OCH3 is 1. The molecule has 42 heavy (non-hydrogen) atoms. The Morgan fingerprint density at radius 2 is 1.71 bits per heavy atom. The van der Waals surface area contributed by atoms with Gasteiger partial charge in [0.05, 0.1) is 32.3 Å². The van der Waals surface area contributed by atoms with Gasteiger partial charge in [0.25, 0.3) is 0 Å². The summed E-state index contributed by atoms with van der Waals surface area (Å²) >= 11 is 0. The largest absolute Gasteiger partial charge is 0.496 e. The average Bonchev–Trinajstić information content (AvgIpc) is 3.39. The minimum Gasteiger partial charge on any atom is -0.496 e. The van der Waals surface area contributed by atoms with Gasteiger partial charge in [0.15, 0.2) is 0 Å². The Morgan fingerprint density at radius 3 is 2.43 bits per heavy atom. The summed E-state index contributed by atoms with van der Waals surface area (Å²) in [6.45, 7) is 1.78. The first-order chi connectivity index (χ1) is 20.4. The van der Waals surface area contributed by atoms with E-state index in [1.165, 1.54) is 13.2 Å². The third kappa shape index (κ3) is 6.61. The lowest BCUT2D eigenvalue weighted by atomic mass is 9.86. The Morgan fingerprint density at radius 1 is 0.976 bits per heavy atom. The summed E-state index contributed by atoms with van der Waals surface area (Å²) in [7, 11) is 1.50. The molecule has 1 aliphatic rings. The van der Waals surface area contributed by atoms with Gasteiger partial charge in [0.1, 0.15) is 11.6 Å². The molecule has 0 unspecified atom stereocenters. The number of rotatable bonds is 12. The molecule has 4 aromatic carbocycles. The maximum absolute atomic E-state index is 14.3. The van der Waals surface area contributed by atoms with E-state index in [4.69, 9.17) is 15.2 Å². The van der Waals surface area contributed by atoms with Gasteiger partial charge >= 0.3 is 0 Å². The molecule has 0 bridgehead atoms. The van der Waals surface area contributed by atoms with E-state index >= 15 is 0 Å². The van der Waals surface area contributed by atoms with Crippen LogP contribution in [0.2, 0.25) is 0 Å². The Bertz CT molecular complexity index is 1530. The van der Waals surface area contributed by atoms with Gasteiger partial charge in [0.2, 0.25) is 11.8 Å². The van der Waals surface area contributed by atoms with Crippen molar-refractivity contribution in [3.63, 3.8) is 0 Å². The fourth-order valence-corrected chi connectivity index (χ4v) is 5.54. The molecule has 216 valence electrons. The first-order valence-corrected chi connectivity index (χ1v) is 13.9. The van der Waals surface area contributed by atoms with Gasteiger partial charge in [-0.05, 0) is 53.4 Å². The lowest BCUT2D eigenvalue weighted by Crippen LogP contribution is -2.48. The normalized spacial score (nSPS) is 13.7. The van der Waals surface area contributed by atoms with Crippen LogP contribution in [-0.2, 0) is 22.6 Å². The number of primary amides is 1. The van der Waals surface area contributed by atoms with Crippen molar-refractivity contribution in [2.75, 3.05) is 31.7 Å². The molecule has 0 aliphatic carbocycles. The van der Waals surface area contributed by atoms with Gasteiger partial charge in [-0.2, -0.15) is 0 Å². The predicted molar refractivity (Wildman–Crippen MR) is 160 cm³/mol. The third-order valence-electron chi connectivity index (χ3n) is 7.49. The molecule has 8 heteroatoms. The average molecular weight is 568 g/mol. The number of benzene rings is 4. The number of hydrogen-bond acceptors (Lipinski definition) is 5. The molecule has 5 rings (SSSR count). The van der Waals surface area contributed by atoms with E-state index in [1.54, 1.807) is 30.3 Å². The van der Waals surface area contributed by atoms with Crippen LogP contribution in [0.4, 0.5) is 10.1 Å². The Balaban J connectivity index is 1.45. The zero-order valence-corrected chi connectivity index (χ0v) is 23.5. The number of fused-ring (bicyclic) bond motifs is 1. The van der Waals surface area contributed by atoms with E-state index < -0.39 is 17.9 Å². The van der Waals surface area contributed by atoms with E-state index in [-0.39, 0.29) is 23.9 Å². The number of nitrogens with one attached hydrogen (secondary N) is 1. The summed E-state index contributed by atoms with van der Waals surface area (Å²) in [5.74, 6) is -1.72. The molecule has 2 amide bonds. The molecular formula is C34H34FN3O4. The maximum atomic E-state index is 14.3. The Hall–Kier alpha value is -4.69. The summed E-state index contributed by atoms with van der Waals surface area (Å²) in [4.78, 5) is 28.9. The molecule has 3 N–H and O–H groups in total. The number of ether oxygens (including phenoxy) is 2. The van der Waals surface area contributed by atoms with Crippen molar-refractivity contribution in [2.24, 2.45) is 5.73 Å². The molecule has 0 aromatic heterocycles. The summed E-state index contributed by atoms with van der Waals surface area (Å²) in [5.41, 5.74) is 9.97. The lowest BCUT2D eigenvalue weighted by Gasteiger charge is -2.29. The maximum Gasteiger partial charge on any atom is 0.249 e. The van der Waals surface area contributed by atoms with E-state index in [1.807, 2.05) is 60.7 Å². The zero-order chi connectivity index (χ0) is 29.5. The molecule has 0 spiro atoms. The van der Waals surface area contributed by atoms with Crippen molar-refractivity contribution in [3.05, 3.63) is 131 Å². The highest BCUT2D eigenvalue weighted by Gasteiger charge is 2.32. The topological polar surface area (TPSA) is 93.9 Å². The van der Waals surface area contributed by atoms with Crippen LogP contribution in [0.5, 0.6) is 5.75 Å². The van der Waals surface area contributed by atoms with Crippen LogP contribution in [0.25, 0.3) is 0 Å². The number of carbonyl (C=O) groups excluding carboxylic acids is 2. The smallest absolute Gasteiger partial charge is 0.249 e. The highest BCUT2D eigenvalue weighted by atomic mass is 19.1. The van der Waals surface area contributed by atoms with Crippen LogP contribution < -0.4 is 20.7 Å². The van der Waals surface area contributed by atoms with Gasteiger partial charge in [-0.3, -0.25) is 9.59 Å². The van der Waals surface area contributed by atoms with Crippen molar-refractivity contribution in [1.29, 1.82) is 0 Å². The van der Waals surface area contributed by atoms with Crippen molar-refractivity contribution in [3.8, 4) is 5.75 Å². The van der Waals surface area contributed by atoms with E-state index in [2.05, 4.69) is 10.2 Å². The number of carbonyl (C=O) groups is 2. The molecule has 0 saturated carbocycles. The molecule has 0 saturated heterocycles. The molecule has 1 heterocycles. The lowest BCUT2D eigenvalue weighted by molar-refractivity contribution is -0.122. The van der Waals surface area contributed by atoms with Gasteiger partial charge in [-0.15, -0.1) is 0 Å². The standard InChI is InChI=1S/C34H34FN3O4/c1-41-30-14-8-13-28(33(36)39)32(30)31(24-11-6-3-7-12-24)34(40)37-27(22-42-21-23-9-4-2-5-10-23)20-38-18-17-25-19-26(35)15-16-29(25)38/h2-16,19,27,31H,17-18,20-22H2,1H3,(H2,36,39)(H,37,40)/t27-,31+/m1/s1. The highest BCUT2D eigenvalue weighted by molar-refractivity contribution is 5.99. The van der Waals surface area contributed by atoms with E-state index in [0.29, 0.717) is 43.0 Å². The van der Waals surface area contributed by atoms with Crippen LogP contribution in [0.15, 0.2) is 97.1 Å². The summed E-state index contributed by atoms with van der Waals surface area (Å²) < 4.78 is 25.6. The van der Waals surface area contributed by atoms with Crippen LogP contribution in [0.3, 0.4) is 0 Å². The molecule has 7 nitrogen and oxygen atoms in total. The van der Waals surface area contributed by atoms with E-state index in [0.717, 1.165) is 16.8 Å². The second-order valence-corrected chi connectivity index (χ2v) is 10.3. The fraction of sp³-hybridized carbons (Fsp3) is 0.235. The van der Waals surface area contributed by atoms with Crippen LogP contribution >= 0.6 is 0 Å². The molecule has 0 radical (unpaired) electrons. The SMILES string of the molecule is COc1cccc(C(N)=O)c1[C@@H](C(=O)N[C@@H](COCc1ccccc1)CN1CCc2cc(F)ccc21)c1ccccc1. The number of amides is 2. The number of halogens is 1. The van der Waals surface area contributed by atoms with Crippen LogP contribution in [-0.4, -0.2) is 44.7 Å². The fourth-order valence-electron chi connectivity index (χ4n) is 5.54. The highest BCUT2D eigenvalue weighted by Crippen LogP contribution is 2.35. The van der Waals surface area contributed by atoms with Gasteiger partial charge in [-0.25, -0.2) is 4.39 Å². The second kappa shape index (κ2) is 13.3. The Kier molecular flexibility index (Phi) is 9.14. The van der Waals surface area contributed by atoms with Gasteiger partial charge in [0, 0.05) is 29.9 Å². The zero-order valence-electron chi connectivity index (χ0n) is 23.5. The minimum absolute atomic E-state index is 0.214. The van der Waals surface area contributed by atoms with Crippen molar-refractivity contribution < 1.29 is 23.5 Å². The second-order valence-electron chi connectivity index (χ2n) is 10.3. The molecule has 0 fully saturated rings. The van der Waals surface area contributed by atoms with Crippen LogP contribution in [0.1, 0.15) is 38.5 Å². The van der Waals surface area contributed by atoms with Crippen LogP contribution in [0, 0.1) is 5.82 Å². The van der Waals surface area contributed by atoms with Gasteiger partial charge in [-0.1, -0.05) is 66.7 Å². The summed E-state index contributed by atoms with van der Waals surface area (Å²) in [6.07, 6.45) is 0.717. The molecular weight excluding hydrogens is 533 g/mol. The monoisotopic (exact) mass is 567 g/mol. The number of hydrogen-bond donors (Lipinski definition) is 2. The quantitative estimate of drug-likeness (QED) is 0.256. The number of nitrogens with two attached hydrogens (primary N) is 1. The van der Waals surface area contributed by atoms with E-state index in [9.17, 15) is 14.0 Å². The Labute approximate surface area is 245 Å². The van der Waals surface area contributed by atoms with Gasteiger partial charge < -0.3 is 25.4 Å². The summed E-state index contributed by atoms with van der Waals surface area (Å²) in [6, 6.07) is 28.4. The molecule has 1 aliphatic heterocycles.